The van der Waals surface area contributed by atoms with Crippen LogP contribution in [0.4, 0.5) is 4.79 Å². The number of benzene rings is 1. The van der Waals surface area contributed by atoms with E-state index in [4.69, 9.17) is 16.3 Å². The average Bonchev–Trinajstić information content (AvgIpc) is 2.47. The topological polar surface area (TPSA) is 67.4 Å². The van der Waals surface area contributed by atoms with Gasteiger partial charge in [0.05, 0.1) is 6.61 Å². The summed E-state index contributed by atoms with van der Waals surface area (Å²) < 4.78 is 4.84. The molecule has 1 aromatic carbocycles. The zero-order valence-corrected chi connectivity index (χ0v) is 14.8. The minimum Gasteiger partial charge on any atom is -0.450 e. The number of rotatable bonds is 7. The van der Waals surface area contributed by atoms with Crippen LogP contribution in [0.3, 0.4) is 0 Å². The molecule has 0 fully saturated rings. The summed E-state index contributed by atoms with van der Waals surface area (Å²) in [5.41, 5.74) is 0.974. The third-order valence-electron chi connectivity index (χ3n) is 3.37. The van der Waals surface area contributed by atoms with Crippen molar-refractivity contribution in [2.45, 2.75) is 46.2 Å². The maximum Gasteiger partial charge on any atom is 0.407 e. The summed E-state index contributed by atoms with van der Waals surface area (Å²) in [6.07, 6.45) is 0.0374. The quantitative estimate of drug-likeness (QED) is 0.801. The molecule has 0 unspecified atom stereocenters. The van der Waals surface area contributed by atoms with Crippen LogP contribution in [0, 0.1) is 5.92 Å². The predicted molar refractivity (Wildman–Crippen MR) is 91.5 cm³/mol. The Hall–Kier alpha value is -1.75. The van der Waals surface area contributed by atoms with Crippen molar-refractivity contribution in [1.29, 1.82) is 0 Å². The number of hydrogen-bond acceptors (Lipinski definition) is 3. The molecule has 0 bridgehead atoms. The highest BCUT2D eigenvalue weighted by Crippen LogP contribution is 2.16. The standard InChI is InChI=1S/C17H25ClN2O3/c1-5-23-17(22)20-15(11(2)3)16(21)19-12(4)10-13-8-6-7-9-14(13)18/h6-9,11-12,15H,5,10H2,1-4H3,(H,19,21)(H,20,22)/t12-,15-/m0/s1. The number of nitrogens with one attached hydrogen (secondary N) is 2. The first kappa shape index (κ1) is 19.3. The Balaban J connectivity index is 2.63. The van der Waals surface area contributed by atoms with E-state index in [1.807, 2.05) is 45.0 Å². The SMILES string of the molecule is CCOC(=O)N[C@H](C(=O)N[C@@H](C)Cc1ccccc1Cl)C(C)C. The number of halogens is 1. The molecule has 0 aliphatic carbocycles. The molecule has 1 rings (SSSR count). The van der Waals surface area contributed by atoms with Gasteiger partial charge in [0.1, 0.15) is 6.04 Å². The Morgan fingerprint density at radius 1 is 1.17 bits per heavy atom. The molecular formula is C17H25ClN2O3. The lowest BCUT2D eigenvalue weighted by atomic mass is 10.0. The molecule has 5 nitrogen and oxygen atoms in total. The van der Waals surface area contributed by atoms with Crippen LogP contribution in [0.1, 0.15) is 33.3 Å². The van der Waals surface area contributed by atoms with Gasteiger partial charge in [-0.2, -0.15) is 0 Å². The van der Waals surface area contributed by atoms with Gasteiger partial charge in [-0.1, -0.05) is 43.6 Å². The third-order valence-corrected chi connectivity index (χ3v) is 3.74. The molecule has 2 amide bonds. The Morgan fingerprint density at radius 3 is 2.39 bits per heavy atom. The summed E-state index contributed by atoms with van der Waals surface area (Å²) in [5.74, 6) is -0.278. The largest absolute Gasteiger partial charge is 0.450 e. The normalized spacial score (nSPS) is 13.3. The van der Waals surface area contributed by atoms with E-state index in [9.17, 15) is 9.59 Å². The summed E-state index contributed by atoms with van der Waals surface area (Å²) in [7, 11) is 0. The molecule has 2 N–H and O–H groups in total. The van der Waals surface area contributed by atoms with Gasteiger partial charge in [-0.3, -0.25) is 4.79 Å². The smallest absolute Gasteiger partial charge is 0.407 e. The molecule has 0 aliphatic heterocycles. The minimum atomic E-state index is -0.636. The average molecular weight is 341 g/mol. The molecule has 1 aromatic rings. The highest BCUT2D eigenvalue weighted by atomic mass is 35.5. The molecule has 0 saturated heterocycles. The maximum absolute atomic E-state index is 12.4. The number of carbonyl (C=O) groups excluding carboxylic acids is 2. The van der Waals surface area contributed by atoms with E-state index in [1.165, 1.54) is 0 Å². The maximum atomic E-state index is 12.4. The highest BCUT2D eigenvalue weighted by Gasteiger charge is 2.25. The number of hydrogen-bond donors (Lipinski definition) is 2. The van der Waals surface area contributed by atoms with Crippen molar-refractivity contribution in [2.75, 3.05) is 6.61 Å². The van der Waals surface area contributed by atoms with Gasteiger partial charge in [0.25, 0.3) is 0 Å². The first-order valence-electron chi connectivity index (χ1n) is 7.82. The third kappa shape index (κ3) is 6.48. The van der Waals surface area contributed by atoms with Crippen LogP contribution in [-0.2, 0) is 16.0 Å². The molecule has 2 atom stereocenters. The molecule has 6 heteroatoms. The van der Waals surface area contributed by atoms with E-state index < -0.39 is 12.1 Å². The number of carbonyl (C=O) groups is 2. The first-order chi connectivity index (χ1) is 10.8. The fourth-order valence-corrected chi connectivity index (χ4v) is 2.43. The van der Waals surface area contributed by atoms with Gasteiger partial charge in [-0.05, 0) is 37.8 Å². The Bertz CT molecular complexity index is 534. The Morgan fingerprint density at radius 2 is 1.83 bits per heavy atom. The van der Waals surface area contributed by atoms with Crippen molar-refractivity contribution in [3.8, 4) is 0 Å². The summed E-state index contributed by atoms with van der Waals surface area (Å²) in [6, 6.07) is 6.80. The molecule has 23 heavy (non-hydrogen) atoms. The van der Waals surface area contributed by atoms with E-state index in [1.54, 1.807) is 6.92 Å². The number of amides is 2. The van der Waals surface area contributed by atoms with E-state index in [0.29, 0.717) is 11.4 Å². The van der Waals surface area contributed by atoms with Crippen molar-refractivity contribution in [1.82, 2.24) is 10.6 Å². The van der Waals surface area contributed by atoms with E-state index in [-0.39, 0.29) is 24.5 Å². The lowest BCUT2D eigenvalue weighted by molar-refractivity contribution is -0.124. The fraction of sp³-hybridized carbons (Fsp3) is 0.529. The molecule has 0 saturated carbocycles. The van der Waals surface area contributed by atoms with Crippen molar-refractivity contribution in [3.05, 3.63) is 34.9 Å². The molecule has 0 spiro atoms. The second kappa shape index (κ2) is 9.40. The van der Waals surface area contributed by atoms with Crippen LogP contribution < -0.4 is 10.6 Å². The highest BCUT2D eigenvalue weighted by molar-refractivity contribution is 6.31. The summed E-state index contributed by atoms with van der Waals surface area (Å²) in [4.78, 5) is 23.9. The van der Waals surface area contributed by atoms with Crippen molar-refractivity contribution < 1.29 is 14.3 Å². The monoisotopic (exact) mass is 340 g/mol. The van der Waals surface area contributed by atoms with Gasteiger partial charge in [-0.15, -0.1) is 0 Å². The van der Waals surface area contributed by atoms with Crippen LogP contribution in [-0.4, -0.2) is 30.7 Å². The predicted octanol–water partition coefficient (Wildman–Crippen LogP) is 3.16. The fourth-order valence-electron chi connectivity index (χ4n) is 2.21. The zero-order valence-electron chi connectivity index (χ0n) is 14.1. The van der Waals surface area contributed by atoms with E-state index in [0.717, 1.165) is 5.56 Å². The summed E-state index contributed by atoms with van der Waals surface area (Å²) in [6.45, 7) is 7.63. The second-order valence-electron chi connectivity index (χ2n) is 5.79. The van der Waals surface area contributed by atoms with Gasteiger partial charge < -0.3 is 15.4 Å². The minimum absolute atomic E-state index is 0.0491. The van der Waals surface area contributed by atoms with Crippen LogP contribution in [0.2, 0.25) is 5.02 Å². The zero-order chi connectivity index (χ0) is 17.4. The van der Waals surface area contributed by atoms with Crippen LogP contribution in [0.25, 0.3) is 0 Å². The Kier molecular flexibility index (Phi) is 7.89. The second-order valence-corrected chi connectivity index (χ2v) is 6.20. The molecule has 0 heterocycles. The van der Waals surface area contributed by atoms with Gasteiger partial charge in [0.2, 0.25) is 5.91 Å². The van der Waals surface area contributed by atoms with Crippen molar-refractivity contribution in [3.63, 3.8) is 0 Å². The van der Waals surface area contributed by atoms with Crippen molar-refractivity contribution in [2.24, 2.45) is 5.92 Å². The first-order valence-corrected chi connectivity index (χ1v) is 8.20. The lowest BCUT2D eigenvalue weighted by Crippen LogP contribution is -2.52. The summed E-state index contributed by atoms with van der Waals surface area (Å²) >= 11 is 6.14. The van der Waals surface area contributed by atoms with Crippen molar-refractivity contribution >= 4 is 23.6 Å². The number of alkyl carbamates (subject to hydrolysis) is 1. The Labute approximate surface area is 142 Å². The van der Waals surface area contributed by atoms with E-state index >= 15 is 0 Å². The van der Waals surface area contributed by atoms with Crippen LogP contribution in [0.5, 0.6) is 0 Å². The summed E-state index contributed by atoms with van der Waals surface area (Å²) in [5, 5.41) is 6.19. The van der Waals surface area contributed by atoms with E-state index in [2.05, 4.69) is 10.6 Å². The number of ether oxygens (including phenoxy) is 1. The molecule has 128 valence electrons. The molecule has 0 aromatic heterocycles. The molecule has 0 aliphatic rings. The van der Waals surface area contributed by atoms with Gasteiger partial charge in [0.15, 0.2) is 0 Å². The lowest BCUT2D eigenvalue weighted by Gasteiger charge is -2.24. The molecular weight excluding hydrogens is 316 g/mol. The van der Waals surface area contributed by atoms with Crippen LogP contribution >= 0.6 is 11.6 Å². The van der Waals surface area contributed by atoms with Gasteiger partial charge in [0, 0.05) is 11.1 Å². The van der Waals surface area contributed by atoms with Crippen LogP contribution in [0.15, 0.2) is 24.3 Å². The van der Waals surface area contributed by atoms with Gasteiger partial charge >= 0.3 is 6.09 Å². The van der Waals surface area contributed by atoms with Gasteiger partial charge in [-0.25, -0.2) is 4.79 Å². The molecule has 0 radical (unpaired) electrons.